The summed E-state index contributed by atoms with van der Waals surface area (Å²) < 4.78 is 0. The monoisotopic (exact) mass is 338 g/mol. The number of carbonyl (C=O) groups is 2. The van der Waals surface area contributed by atoms with E-state index in [-0.39, 0.29) is 17.9 Å². The maximum atomic E-state index is 12.5. The minimum Gasteiger partial charge on any atom is -0.352 e. The third-order valence-corrected chi connectivity index (χ3v) is 3.80. The summed E-state index contributed by atoms with van der Waals surface area (Å²) in [5, 5.41) is 3.57. The van der Waals surface area contributed by atoms with Crippen molar-refractivity contribution < 1.29 is 9.59 Å². The molecule has 23 heavy (non-hydrogen) atoms. The lowest BCUT2D eigenvalue weighted by Crippen LogP contribution is -2.50. The molecule has 0 aliphatic carbocycles. The Labute approximate surface area is 144 Å². The molecule has 1 aromatic rings. The minimum atomic E-state index is -0.452. The molecule has 4 nitrogen and oxygen atoms in total. The highest BCUT2D eigenvalue weighted by atomic mass is 35.5. The number of rotatable bonds is 8. The van der Waals surface area contributed by atoms with Crippen LogP contribution in [0.3, 0.4) is 0 Å². The predicted molar refractivity (Wildman–Crippen MR) is 94.3 cm³/mol. The Kier molecular flexibility index (Phi) is 8.10. The van der Waals surface area contributed by atoms with E-state index in [1.54, 1.807) is 17.0 Å². The maximum Gasteiger partial charge on any atom is 0.243 e. The van der Waals surface area contributed by atoms with Gasteiger partial charge in [-0.3, -0.25) is 9.59 Å². The van der Waals surface area contributed by atoms with Crippen molar-refractivity contribution in [2.75, 3.05) is 0 Å². The number of nitrogens with zero attached hydrogens (tertiary/aromatic N) is 1. The van der Waals surface area contributed by atoms with Gasteiger partial charge < -0.3 is 10.2 Å². The number of hydrogen-bond donors (Lipinski definition) is 1. The van der Waals surface area contributed by atoms with Crippen molar-refractivity contribution in [2.24, 2.45) is 0 Å². The fraction of sp³-hybridized carbons (Fsp3) is 0.556. The average Bonchev–Trinajstić information content (AvgIpc) is 2.48. The molecule has 2 amide bonds. The zero-order valence-electron chi connectivity index (χ0n) is 14.4. The smallest absolute Gasteiger partial charge is 0.243 e. The van der Waals surface area contributed by atoms with Crippen molar-refractivity contribution in [3.8, 4) is 0 Å². The van der Waals surface area contributed by atoms with Gasteiger partial charge in [0.2, 0.25) is 11.8 Å². The standard InChI is InChI=1S/C18H27ClN2O2/c1-5-7-17(22)21(12-14-8-10-15(19)11-9-14)16(6-2)18(23)20-13(3)4/h8-11,13,16H,5-7,12H2,1-4H3,(H,20,23)/t16-/m0/s1. The molecule has 0 fully saturated rings. The van der Waals surface area contributed by atoms with Gasteiger partial charge in [-0.2, -0.15) is 0 Å². The molecule has 128 valence electrons. The fourth-order valence-corrected chi connectivity index (χ4v) is 2.57. The summed E-state index contributed by atoms with van der Waals surface area (Å²) in [4.78, 5) is 26.7. The van der Waals surface area contributed by atoms with Crippen LogP contribution in [0.1, 0.15) is 52.5 Å². The summed E-state index contributed by atoms with van der Waals surface area (Å²) in [6, 6.07) is 6.98. The number of nitrogens with one attached hydrogen (secondary N) is 1. The molecule has 0 aliphatic rings. The van der Waals surface area contributed by atoms with Gasteiger partial charge in [0.25, 0.3) is 0 Å². The van der Waals surface area contributed by atoms with Crippen molar-refractivity contribution >= 4 is 23.4 Å². The Bertz CT molecular complexity index is 514. The molecule has 0 aromatic heterocycles. The first-order valence-electron chi connectivity index (χ1n) is 8.23. The lowest BCUT2D eigenvalue weighted by atomic mass is 10.1. The highest BCUT2D eigenvalue weighted by Crippen LogP contribution is 2.16. The van der Waals surface area contributed by atoms with Crippen molar-refractivity contribution in [3.63, 3.8) is 0 Å². The SMILES string of the molecule is CCCC(=O)N(Cc1ccc(Cl)cc1)[C@@H](CC)C(=O)NC(C)C. The van der Waals surface area contributed by atoms with Crippen LogP contribution in [0.25, 0.3) is 0 Å². The van der Waals surface area contributed by atoms with Gasteiger partial charge in [-0.1, -0.05) is 37.6 Å². The van der Waals surface area contributed by atoms with Gasteiger partial charge in [-0.25, -0.2) is 0 Å². The Hall–Kier alpha value is -1.55. The summed E-state index contributed by atoms with van der Waals surface area (Å²) >= 11 is 5.91. The summed E-state index contributed by atoms with van der Waals surface area (Å²) in [7, 11) is 0. The molecule has 0 heterocycles. The van der Waals surface area contributed by atoms with Crippen molar-refractivity contribution in [3.05, 3.63) is 34.9 Å². The Morgan fingerprint density at radius 3 is 2.26 bits per heavy atom. The van der Waals surface area contributed by atoms with Gasteiger partial charge >= 0.3 is 0 Å². The average molecular weight is 339 g/mol. The van der Waals surface area contributed by atoms with Crippen LogP contribution in [0.4, 0.5) is 0 Å². The van der Waals surface area contributed by atoms with Crippen molar-refractivity contribution in [1.82, 2.24) is 10.2 Å². The Balaban J connectivity index is 2.99. The molecule has 0 aliphatic heterocycles. The quantitative estimate of drug-likeness (QED) is 0.784. The van der Waals surface area contributed by atoms with Crippen LogP contribution in [0.2, 0.25) is 5.02 Å². The van der Waals surface area contributed by atoms with Crippen molar-refractivity contribution in [1.29, 1.82) is 0 Å². The second-order valence-electron chi connectivity index (χ2n) is 5.99. The molecule has 0 saturated carbocycles. The van der Waals surface area contributed by atoms with Crippen molar-refractivity contribution in [2.45, 2.75) is 65.6 Å². The van der Waals surface area contributed by atoms with Gasteiger partial charge in [0.15, 0.2) is 0 Å². The summed E-state index contributed by atoms with van der Waals surface area (Å²) in [6.45, 7) is 8.15. The molecular weight excluding hydrogens is 312 g/mol. The van der Waals surface area contributed by atoms with Crippen LogP contribution in [-0.4, -0.2) is 28.8 Å². The fourth-order valence-electron chi connectivity index (χ4n) is 2.44. The zero-order valence-corrected chi connectivity index (χ0v) is 15.2. The highest BCUT2D eigenvalue weighted by molar-refractivity contribution is 6.30. The summed E-state index contributed by atoms with van der Waals surface area (Å²) in [6.07, 6.45) is 1.79. The molecule has 0 unspecified atom stereocenters. The van der Waals surface area contributed by atoms with Gasteiger partial charge in [0.1, 0.15) is 6.04 Å². The van der Waals surface area contributed by atoms with E-state index in [0.717, 1.165) is 12.0 Å². The van der Waals surface area contributed by atoms with Gasteiger partial charge in [0.05, 0.1) is 0 Å². The van der Waals surface area contributed by atoms with Crippen LogP contribution in [0, 0.1) is 0 Å². The second-order valence-corrected chi connectivity index (χ2v) is 6.42. The second kappa shape index (κ2) is 9.56. The molecule has 0 saturated heterocycles. The van der Waals surface area contributed by atoms with E-state index in [1.807, 2.05) is 39.8 Å². The number of carbonyl (C=O) groups excluding carboxylic acids is 2. The van der Waals surface area contributed by atoms with Gasteiger partial charge in [-0.05, 0) is 44.4 Å². The number of benzene rings is 1. The van der Waals surface area contributed by atoms with E-state index in [1.165, 1.54) is 0 Å². The number of hydrogen-bond acceptors (Lipinski definition) is 2. The van der Waals surface area contributed by atoms with Crippen LogP contribution < -0.4 is 5.32 Å². The Morgan fingerprint density at radius 2 is 1.78 bits per heavy atom. The van der Waals surface area contributed by atoms with Gasteiger partial charge in [0, 0.05) is 24.0 Å². The summed E-state index contributed by atoms with van der Waals surface area (Å²) in [5.41, 5.74) is 0.967. The van der Waals surface area contributed by atoms with E-state index in [0.29, 0.717) is 24.4 Å². The minimum absolute atomic E-state index is 0.00760. The van der Waals surface area contributed by atoms with E-state index < -0.39 is 6.04 Å². The Morgan fingerprint density at radius 1 is 1.17 bits per heavy atom. The maximum absolute atomic E-state index is 12.5. The van der Waals surface area contributed by atoms with Gasteiger partial charge in [-0.15, -0.1) is 0 Å². The molecule has 0 bridgehead atoms. The van der Waals surface area contributed by atoms with E-state index in [9.17, 15) is 9.59 Å². The third-order valence-electron chi connectivity index (χ3n) is 3.55. The largest absolute Gasteiger partial charge is 0.352 e. The molecular formula is C18H27ClN2O2. The first kappa shape index (κ1) is 19.5. The molecule has 1 rings (SSSR count). The lowest BCUT2D eigenvalue weighted by molar-refractivity contribution is -0.141. The van der Waals surface area contributed by atoms with Crippen LogP contribution in [0.15, 0.2) is 24.3 Å². The predicted octanol–water partition coefficient (Wildman–Crippen LogP) is 3.77. The van der Waals surface area contributed by atoms with E-state index in [4.69, 9.17) is 11.6 Å². The van der Waals surface area contributed by atoms with Crippen LogP contribution in [0.5, 0.6) is 0 Å². The topological polar surface area (TPSA) is 49.4 Å². The van der Waals surface area contributed by atoms with Crippen LogP contribution >= 0.6 is 11.6 Å². The number of amides is 2. The molecule has 1 N–H and O–H groups in total. The first-order chi connectivity index (χ1) is 10.9. The van der Waals surface area contributed by atoms with E-state index >= 15 is 0 Å². The third kappa shape index (κ3) is 6.22. The first-order valence-corrected chi connectivity index (χ1v) is 8.61. The number of halogens is 1. The summed E-state index contributed by atoms with van der Waals surface area (Å²) in [5.74, 6) is -0.0888. The molecule has 5 heteroatoms. The van der Waals surface area contributed by atoms with E-state index in [2.05, 4.69) is 5.32 Å². The molecule has 0 spiro atoms. The molecule has 0 radical (unpaired) electrons. The normalized spacial score (nSPS) is 12.1. The molecule has 1 aromatic carbocycles. The molecule has 1 atom stereocenters. The van der Waals surface area contributed by atoms with Crippen LogP contribution in [-0.2, 0) is 16.1 Å². The highest BCUT2D eigenvalue weighted by Gasteiger charge is 2.28. The lowest BCUT2D eigenvalue weighted by Gasteiger charge is -2.31. The zero-order chi connectivity index (χ0) is 17.4.